The number of nitrogens with zero attached hydrogens (tertiary/aromatic N) is 2. The van der Waals surface area contributed by atoms with Crippen molar-refractivity contribution in [1.29, 1.82) is 0 Å². The van der Waals surface area contributed by atoms with Crippen LogP contribution in [-0.2, 0) is 14.3 Å². The minimum Gasteiger partial charge on any atom is -0.508 e. The van der Waals surface area contributed by atoms with Crippen molar-refractivity contribution in [3.63, 3.8) is 0 Å². The Morgan fingerprint density at radius 2 is 1.96 bits per heavy atom. The number of β-lactam (4-membered cyclic amide) rings is 1. The number of carboxylic acid groups (broad SMARTS) is 1. The second-order valence-electron chi connectivity index (χ2n) is 6.43. The summed E-state index contributed by atoms with van der Waals surface area (Å²) in [4.78, 5) is 39.4. The van der Waals surface area contributed by atoms with Gasteiger partial charge in [-0.25, -0.2) is 9.59 Å². The number of aromatic hydroxyl groups is 1. The fourth-order valence-electron chi connectivity index (χ4n) is 4.06. The lowest BCUT2D eigenvalue weighted by molar-refractivity contribution is -0.160. The molecule has 0 bridgehead atoms. The number of phenols is 1. The highest BCUT2D eigenvalue weighted by Crippen LogP contribution is 2.49. The van der Waals surface area contributed by atoms with E-state index in [0.717, 1.165) is 0 Å². The topological polar surface area (TPSA) is 119 Å². The van der Waals surface area contributed by atoms with E-state index in [2.05, 4.69) is 5.32 Å². The van der Waals surface area contributed by atoms with Crippen LogP contribution in [0.2, 0.25) is 0 Å². The Balaban J connectivity index is 1.56. The molecule has 4 rings (SSSR count). The largest absolute Gasteiger partial charge is 0.508 e. The Morgan fingerprint density at radius 1 is 1.27 bits per heavy atom. The zero-order valence-corrected chi connectivity index (χ0v) is 13.9. The van der Waals surface area contributed by atoms with Gasteiger partial charge in [0.25, 0.3) is 5.91 Å². The highest BCUT2D eigenvalue weighted by atomic mass is 16.5. The first-order chi connectivity index (χ1) is 12.4. The van der Waals surface area contributed by atoms with Crippen molar-refractivity contribution in [2.45, 2.75) is 18.5 Å². The number of amides is 3. The number of ether oxygens (including phenoxy) is 1. The number of piperidine rings is 1. The number of carbonyl (C=O) groups is 3. The summed E-state index contributed by atoms with van der Waals surface area (Å²) >= 11 is 0. The van der Waals surface area contributed by atoms with Crippen molar-refractivity contribution in [3.8, 4) is 5.75 Å². The number of urea groups is 1. The lowest BCUT2D eigenvalue weighted by Gasteiger charge is -2.52. The number of methoxy groups -OCH3 is 1. The van der Waals surface area contributed by atoms with Crippen LogP contribution in [0.1, 0.15) is 6.42 Å². The maximum Gasteiger partial charge on any atom is 0.356 e. The quantitative estimate of drug-likeness (QED) is 0.542. The molecule has 3 aliphatic heterocycles. The molecule has 0 saturated carbocycles. The summed E-state index contributed by atoms with van der Waals surface area (Å²) in [6.45, 7) is 0.315. The summed E-state index contributed by atoms with van der Waals surface area (Å²) in [6, 6.07) is 4.46. The van der Waals surface area contributed by atoms with Crippen LogP contribution in [0.25, 0.3) is 0 Å². The molecule has 3 aliphatic rings. The molecule has 136 valence electrons. The summed E-state index contributed by atoms with van der Waals surface area (Å²) in [5.41, 5.74) is 0.372. The summed E-state index contributed by atoms with van der Waals surface area (Å²) in [5, 5.41) is 21.4. The van der Waals surface area contributed by atoms with Crippen molar-refractivity contribution >= 4 is 23.6 Å². The predicted octanol–water partition coefficient (Wildman–Crippen LogP) is 0.782. The summed E-state index contributed by atoms with van der Waals surface area (Å²) < 4.78 is 5.26. The average molecular weight is 359 g/mol. The molecule has 1 aromatic rings. The summed E-state index contributed by atoms with van der Waals surface area (Å²) in [6.07, 6.45) is 0.508. The van der Waals surface area contributed by atoms with Gasteiger partial charge in [-0.3, -0.25) is 9.69 Å². The third-order valence-electron chi connectivity index (χ3n) is 5.15. The Hall–Kier alpha value is -3.23. The number of likely N-dealkylation sites (tertiary alicyclic amines) is 1. The van der Waals surface area contributed by atoms with Crippen LogP contribution in [0.4, 0.5) is 10.5 Å². The van der Waals surface area contributed by atoms with E-state index in [1.165, 1.54) is 29.0 Å². The second kappa shape index (κ2) is 5.65. The van der Waals surface area contributed by atoms with Gasteiger partial charge in [-0.1, -0.05) is 0 Å². The maximum absolute atomic E-state index is 12.6. The number of carbonyl (C=O) groups excluding carboxylic acids is 2. The van der Waals surface area contributed by atoms with Gasteiger partial charge < -0.3 is 25.2 Å². The predicted molar refractivity (Wildman–Crippen MR) is 88.0 cm³/mol. The number of aliphatic carboxylic acids is 1. The van der Waals surface area contributed by atoms with Gasteiger partial charge in [0.15, 0.2) is 5.70 Å². The smallest absolute Gasteiger partial charge is 0.356 e. The molecule has 2 fully saturated rings. The molecule has 9 nitrogen and oxygen atoms in total. The molecular formula is C17H17N3O6. The average Bonchev–Trinajstić information content (AvgIpc) is 2.95. The third kappa shape index (κ3) is 2.13. The fraction of sp³-hybridized carbons (Fsp3) is 0.353. The van der Waals surface area contributed by atoms with E-state index in [0.29, 0.717) is 24.4 Å². The number of rotatable bonds is 3. The Bertz CT molecular complexity index is 833. The van der Waals surface area contributed by atoms with Gasteiger partial charge in [0.2, 0.25) is 0 Å². The molecule has 0 radical (unpaired) electrons. The van der Waals surface area contributed by atoms with Crippen molar-refractivity contribution in [2.24, 2.45) is 5.92 Å². The first-order valence-electron chi connectivity index (χ1n) is 8.15. The summed E-state index contributed by atoms with van der Waals surface area (Å²) in [5.74, 6) is -1.45. The van der Waals surface area contributed by atoms with E-state index < -0.39 is 30.0 Å². The molecule has 2 saturated heterocycles. The van der Waals surface area contributed by atoms with E-state index in [1.807, 2.05) is 0 Å². The minimum absolute atomic E-state index is 0.0824. The second-order valence-corrected chi connectivity index (χ2v) is 6.43. The first kappa shape index (κ1) is 16.2. The summed E-state index contributed by atoms with van der Waals surface area (Å²) in [7, 11) is 1.40. The molecular weight excluding hydrogens is 342 g/mol. The van der Waals surface area contributed by atoms with E-state index in [9.17, 15) is 24.6 Å². The molecule has 0 aliphatic carbocycles. The van der Waals surface area contributed by atoms with E-state index in [1.54, 1.807) is 12.1 Å². The molecule has 1 aromatic carbocycles. The van der Waals surface area contributed by atoms with Gasteiger partial charge >= 0.3 is 12.0 Å². The van der Waals surface area contributed by atoms with Crippen LogP contribution in [0.3, 0.4) is 0 Å². The van der Waals surface area contributed by atoms with Crippen LogP contribution in [0, 0.1) is 5.92 Å². The zero-order chi connectivity index (χ0) is 18.6. The van der Waals surface area contributed by atoms with Crippen molar-refractivity contribution < 1.29 is 29.3 Å². The van der Waals surface area contributed by atoms with Gasteiger partial charge in [-0.2, -0.15) is 0 Å². The third-order valence-corrected chi connectivity index (χ3v) is 5.15. The van der Waals surface area contributed by atoms with Crippen molar-refractivity contribution in [1.82, 2.24) is 9.80 Å². The fourth-order valence-corrected chi connectivity index (χ4v) is 4.06. The number of anilines is 1. The van der Waals surface area contributed by atoms with Gasteiger partial charge in [0.1, 0.15) is 17.6 Å². The van der Waals surface area contributed by atoms with Gasteiger partial charge in [-0.05, 0) is 30.7 Å². The standard InChI is InChI=1S/C17H17N3O6/c1-26-14-10-6-7-19(17(25)18-8-2-4-9(21)5-3-8)12-11(10)20(15(12)22)13(14)16(23)24/h2-5,10-12,21H,6-7H2,1H3,(H,18,25)(H,23,24)/t10?,11-,12+/m1/s1. The highest BCUT2D eigenvalue weighted by molar-refractivity contribution is 6.04. The minimum atomic E-state index is -1.21. The number of benzene rings is 1. The lowest BCUT2D eigenvalue weighted by atomic mass is 9.80. The molecule has 1 unspecified atom stereocenters. The van der Waals surface area contributed by atoms with E-state index >= 15 is 0 Å². The van der Waals surface area contributed by atoms with E-state index in [4.69, 9.17) is 4.74 Å². The maximum atomic E-state index is 12.6. The van der Waals surface area contributed by atoms with Crippen LogP contribution in [0.15, 0.2) is 35.7 Å². The van der Waals surface area contributed by atoms with Gasteiger partial charge in [0, 0.05) is 18.2 Å². The monoisotopic (exact) mass is 359 g/mol. The SMILES string of the molecule is COC1=C(C(=O)O)N2C(=O)[C@@H]3[C@H]2C1CCN3C(=O)Nc1ccc(O)cc1. The van der Waals surface area contributed by atoms with Crippen molar-refractivity contribution in [3.05, 3.63) is 35.7 Å². The number of carboxylic acids is 1. The Morgan fingerprint density at radius 3 is 2.58 bits per heavy atom. The Labute approximate surface area is 148 Å². The number of hydrogen-bond acceptors (Lipinski definition) is 5. The highest BCUT2D eigenvalue weighted by Gasteiger charge is 2.65. The van der Waals surface area contributed by atoms with E-state index in [-0.39, 0.29) is 17.4 Å². The molecule has 3 atom stereocenters. The lowest BCUT2D eigenvalue weighted by Crippen LogP contribution is -2.74. The zero-order valence-electron chi connectivity index (χ0n) is 13.9. The van der Waals surface area contributed by atoms with Crippen LogP contribution >= 0.6 is 0 Å². The molecule has 3 heterocycles. The first-order valence-corrected chi connectivity index (χ1v) is 8.15. The van der Waals surface area contributed by atoms with Crippen LogP contribution in [-0.4, -0.2) is 63.7 Å². The molecule has 0 spiro atoms. The Kier molecular flexibility index (Phi) is 3.53. The normalized spacial score (nSPS) is 26.3. The molecule has 3 amide bonds. The molecule has 3 N–H and O–H groups in total. The molecule has 9 heteroatoms. The number of phenolic OH excluding ortho intramolecular Hbond substituents is 1. The van der Waals surface area contributed by atoms with Gasteiger partial charge in [-0.15, -0.1) is 0 Å². The number of hydrogen-bond donors (Lipinski definition) is 3. The number of nitrogens with one attached hydrogen (secondary N) is 1. The molecule has 26 heavy (non-hydrogen) atoms. The van der Waals surface area contributed by atoms with Crippen LogP contribution < -0.4 is 5.32 Å². The van der Waals surface area contributed by atoms with Crippen molar-refractivity contribution in [2.75, 3.05) is 19.0 Å². The molecule has 0 aromatic heterocycles. The van der Waals surface area contributed by atoms with Gasteiger partial charge in [0.05, 0.1) is 13.2 Å². The van der Waals surface area contributed by atoms with Crippen LogP contribution in [0.5, 0.6) is 5.75 Å².